The molecule has 110 valence electrons. The molecule has 0 aliphatic heterocycles. The van der Waals surface area contributed by atoms with Gasteiger partial charge in [0.25, 0.3) is 5.91 Å². The second-order valence-electron chi connectivity index (χ2n) is 5.83. The summed E-state index contributed by atoms with van der Waals surface area (Å²) in [5, 5.41) is 13.9. The van der Waals surface area contributed by atoms with Crippen LogP contribution in [0.2, 0.25) is 0 Å². The van der Waals surface area contributed by atoms with Crippen LogP contribution in [-0.2, 0) is 0 Å². The van der Waals surface area contributed by atoms with Gasteiger partial charge in [-0.05, 0) is 36.8 Å². The van der Waals surface area contributed by atoms with Crippen LogP contribution in [0.1, 0.15) is 50.9 Å². The molecule has 0 aliphatic carbocycles. The molecule has 20 heavy (non-hydrogen) atoms. The van der Waals surface area contributed by atoms with Crippen LogP contribution in [0.25, 0.3) is 0 Å². The number of benzene rings is 1. The van der Waals surface area contributed by atoms with Crippen LogP contribution < -0.4 is 5.43 Å². The molecule has 1 aromatic carbocycles. The van der Waals surface area contributed by atoms with Crippen LogP contribution in [0, 0.1) is 11.8 Å². The maximum atomic E-state index is 12.0. The van der Waals surface area contributed by atoms with Crippen LogP contribution in [0.5, 0.6) is 5.75 Å². The Labute approximate surface area is 120 Å². The third kappa shape index (κ3) is 5.43. The summed E-state index contributed by atoms with van der Waals surface area (Å²) in [6.07, 6.45) is 1.72. The van der Waals surface area contributed by atoms with Crippen molar-refractivity contribution in [1.29, 1.82) is 0 Å². The van der Waals surface area contributed by atoms with E-state index in [4.69, 9.17) is 0 Å². The van der Waals surface area contributed by atoms with E-state index in [1.807, 2.05) is 0 Å². The highest BCUT2D eigenvalue weighted by atomic mass is 16.3. The molecule has 0 atom stereocenters. The zero-order valence-electron chi connectivity index (χ0n) is 12.7. The van der Waals surface area contributed by atoms with E-state index in [1.165, 1.54) is 6.07 Å². The molecule has 1 amide bonds. The Morgan fingerprint density at radius 3 is 2.20 bits per heavy atom. The van der Waals surface area contributed by atoms with Crippen molar-refractivity contribution in [3.63, 3.8) is 0 Å². The molecule has 2 N–H and O–H groups in total. The molecule has 0 unspecified atom stereocenters. The Bertz CT molecular complexity index is 467. The number of nitrogens with zero attached hydrogens (tertiary/aromatic N) is 1. The Kier molecular flexibility index (Phi) is 6.22. The average molecular weight is 276 g/mol. The van der Waals surface area contributed by atoms with Crippen molar-refractivity contribution in [2.24, 2.45) is 16.9 Å². The molecule has 0 aliphatic rings. The van der Waals surface area contributed by atoms with E-state index in [-0.39, 0.29) is 17.2 Å². The highest BCUT2D eigenvalue weighted by Gasteiger charge is 2.11. The summed E-state index contributed by atoms with van der Waals surface area (Å²) < 4.78 is 0. The van der Waals surface area contributed by atoms with Gasteiger partial charge in [-0.2, -0.15) is 5.10 Å². The smallest absolute Gasteiger partial charge is 0.275 e. The van der Waals surface area contributed by atoms with Crippen molar-refractivity contribution in [2.45, 2.75) is 40.5 Å². The SMILES string of the molecule is CC(C)CC(CC(C)C)=NNC(=O)c1ccccc1O. The molecule has 0 bridgehead atoms. The molecule has 4 nitrogen and oxygen atoms in total. The third-order valence-electron chi connectivity index (χ3n) is 2.75. The van der Waals surface area contributed by atoms with Crippen LogP contribution in [-0.4, -0.2) is 16.7 Å². The highest BCUT2D eigenvalue weighted by Crippen LogP contribution is 2.15. The normalized spacial score (nSPS) is 10.7. The van der Waals surface area contributed by atoms with Crippen molar-refractivity contribution in [2.75, 3.05) is 0 Å². The van der Waals surface area contributed by atoms with E-state index >= 15 is 0 Å². The molecule has 0 fully saturated rings. The number of phenolic OH excluding ortho intramolecular Hbond substituents is 1. The number of hydrazone groups is 1. The summed E-state index contributed by atoms with van der Waals surface area (Å²) in [5.74, 6) is 0.576. The fourth-order valence-corrected chi connectivity index (χ4v) is 1.97. The predicted octanol–water partition coefficient (Wildman–Crippen LogP) is 3.57. The van der Waals surface area contributed by atoms with Crippen molar-refractivity contribution >= 4 is 11.6 Å². The van der Waals surface area contributed by atoms with Crippen LogP contribution in [0.15, 0.2) is 29.4 Å². The fraction of sp³-hybridized carbons (Fsp3) is 0.500. The molecular formula is C16H24N2O2. The molecule has 4 heteroatoms. The Morgan fingerprint density at radius 2 is 1.70 bits per heavy atom. The lowest BCUT2D eigenvalue weighted by molar-refractivity contribution is 0.0952. The highest BCUT2D eigenvalue weighted by molar-refractivity contribution is 5.97. The average Bonchev–Trinajstić information content (AvgIpc) is 2.34. The second-order valence-corrected chi connectivity index (χ2v) is 5.83. The summed E-state index contributed by atoms with van der Waals surface area (Å²) in [5.41, 5.74) is 3.77. The van der Waals surface area contributed by atoms with Crippen molar-refractivity contribution in [3.05, 3.63) is 29.8 Å². The Balaban J connectivity index is 2.76. The number of rotatable bonds is 6. The van der Waals surface area contributed by atoms with Crippen LogP contribution in [0.4, 0.5) is 0 Å². The van der Waals surface area contributed by atoms with Gasteiger partial charge in [-0.15, -0.1) is 0 Å². The number of amides is 1. The molecule has 0 saturated heterocycles. The van der Waals surface area contributed by atoms with Gasteiger partial charge in [-0.3, -0.25) is 4.79 Å². The summed E-state index contributed by atoms with van der Waals surface area (Å²) in [6.45, 7) is 8.50. The van der Waals surface area contributed by atoms with E-state index in [0.717, 1.165) is 18.6 Å². The molecule has 0 aromatic heterocycles. The molecule has 0 radical (unpaired) electrons. The topological polar surface area (TPSA) is 61.7 Å². The van der Waals surface area contributed by atoms with Crippen molar-refractivity contribution in [3.8, 4) is 5.75 Å². The predicted molar refractivity (Wildman–Crippen MR) is 81.9 cm³/mol. The van der Waals surface area contributed by atoms with Crippen molar-refractivity contribution < 1.29 is 9.90 Å². The van der Waals surface area contributed by atoms with Gasteiger partial charge in [0, 0.05) is 5.71 Å². The summed E-state index contributed by atoms with van der Waals surface area (Å²) >= 11 is 0. The number of carbonyl (C=O) groups excluding carboxylic acids is 1. The van der Waals surface area contributed by atoms with Gasteiger partial charge in [-0.25, -0.2) is 5.43 Å². The Morgan fingerprint density at radius 1 is 1.15 bits per heavy atom. The molecular weight excluding hydrogens is 252 g/mol. The van der Waals surface area contributed by atoms with Gasteiger partial charge >= 0.3 is 0 Å². The quantitative estimate of drug-likeness (QED) is 0.616. The first-order valence-corrected chi connectivity index (χ1v) is 7.04. The number of para-hydroxylation sites is 1. The lowest BCUT2D eigenvalue weighted by Crippen LogP contribution is -2.21. The standard InChI is InChI=1S/C16H24N2O2/c1-11(2)9-13(10-12(3)4)17-18-16(20)14-7-5-6-8-15(14)19/h5-8,11-12,19H,9-10H2,1-4H3,(H,18,20). The number of hydrogen-bond donors (Lipinski definition) is 2. The first kappa shape index (κ1) is 16.2. The molecule has 1 rings (SSSR count). The van der Waals surface area contributed by atoms with Crippen molar-refractivity contribution in [1.82, 2.24) is 5.43 Å². The second kappa shape index (κ2) is 7.68. The first-order chi connectivity index (χ1) is 9.40. The lowest BCUT2D eigenvalue weighted by Gasteiger charge is -2.12. The fourth-order valence-electron chi connectivity index (χ4n) is 1.97. The van der Waals surface area contributed by atoms with E-state index < -0.39 is 0 Å². The largest absolute Gasteiger partial charge is 0.507 e. The van der Waals surface area contributed by atoms with Gasteiger partial charge in [0.05, 0.1) is 5.56 Å². The minimum Gasteiger partial charge on any atom is -0.507 e. The summed E-state index contributed by atoms with van der Waals surface area (Å²) in [4.78, 5) is 12.0. The Hall–Kier alpha value is -1.84. The first-order valence-electron chi connectivity index (χ1n) is 7.04. The minimum absolute atomic E-state index is 0.0329. The third-order valence-corrected chi connectivity index (χ3v) is 2.75. The van der Waals surface area contributed by atoms with Gasteiger partial charge in [-0.1, -0.05) is 39.8 Å². The van der Waals surface area contributed by atoms with E-state index in [0.29, 0.717) is 11.8 Å². The molecule has 0 saturated carbocycles. The molecule has 1 aromatic rings. The number of nitrogens with one attached hydrogen (secondary N) is 1. The zero-order chi connectivity index (χ0) is 15.1. The van der Waals surface area contributed by atoms with Gasteiger partial charge in [0.1, 0.15) is 5.75 Å². The van der Waals surface area contributed by atoms with Gasteiger partial charge < -0.3 is 5.11 Å². The summed E-state index contributed by atoms with van der Waals surface area (Å²) in [6, 6.07) is 6.45. The number of hydrogen-bond acceptors (Lipinski definition) is 3. The molecule has 0 heterocycles. The zero-order valence-corrected chi connectivity index (χ0v) is 12.7. The molecule has 0 spiro atoms. The van der Waals surface area contributed by atoms with E-state index in [9.17, 15) is 9.90 Å². The summed E-state index contributed by atoms with van der Waals surface area (Å²) in [7, 11) is 0. The van der Waals surface area contributed by atoms with Gasteiger partial charge in [0.15, 0.2) is 0 Å². The number of carbonyl (C=O) groups is 1. The monoisotopic (exact) mass is 276 g/mol. The van der Waals surface area contributed by atoms with E-state index in [2.05, 4.69) is 38.2 Å². The maximum absolute atomic E-state index is 12.0. The van der Waals surface area contributed by atoms with Crippen LogP contribution in [0.3, 0.4) is 0 Å². The lowest BCUT2D eigenvalue weighted by atomic mass is 9.99. The number of aromatic hydroxyl groups is 1. The number of phenols is 1. The minimum atomic E-state index is -0.381. The van der Waals surface area contributed by atoms with Gasteiger partial charge in [0.2, 0.25) is 0 Å². The van der Waals surface area contributed by atoms with E-state index in [1.54, 1.807) is 18.2 Å². The maximum Gasteiger partial charge on any atom is 0.275 e. The van der Waals surface area contributed by atoms with Crippen LogP contribution >= 0.6 is 0 Å².